The fraction of sp³-hybridized carbons (Fsp3) is 0.111. The van der Waals surface area contributed by atoms with Crippen LogP contribution < -0.4 is 24.8 Å². The Morgan fingerprint density at radius 3 is 2.41 bits per heavy atom. The maximum absolute atomic E-state index is 12.4. The molecule has 1 aromatic heterocycles. The van der Waals surface area contributed by atoms with E-state index in [0.717, 1.165) is 5.69 Å². The Labute approximate surface area is 172 Å². The van der Waals surface area contributed by atoms with Crippen LogP contribution in [0, 0.1) is 6.92 Å². The number of rotatable bonds is 5. The van der Waals surface area contributed by atoms with E-state index < -0.39 is 10.0 Å². The molecule has 1 aliphatic heterocycles. The quantitative estimate of drug-likeness (QED) is 0.522. The van der Waals surface area contributed by atoms with Crippen molar-refractivity contribution in [3.8, 4) is 11.5 Å². The van der Waals surface area contributed by atoms with Gasteiger partial charge in [-0.3, -0.25) is 4.72 Å². The van der Waals surface area contributed by atoms with E-state index in [1.54, 1.807) is 31.2 Å². The lowest BCUT2D eigenvalue weighted by molar-refractivity contribution is 0.174. The lowest BCUT2D eigenvalue weighted by Crippen LogP contribution is -2.19. The lowest BCUT2D eigenvalue weighted by atomic mass is 10.3. The van der Waals surface area contributed by atoms with Crippen LogP contribution in [0.1, 0.15) is 5.76 Å². The summed E-state index contributed by atoms with van der Waals surface area (Å²) in [4.78, 5) is 0.0818. The number of benzene rings is 2. The Morgan fingerprint density at radius 1 is 1.00 bits per heavy atom. The SMILES string of the molecule is Cc1cc(NS(=O)(=O)c2ccc(NC(=S)Nc3ccc4c(c3)OCO4)cc2)no1. The highest BCUT2D eigenvalue weighted by Crippen LogP contribution is 2.34. The van der Waals surface area contributed by atoms with Crippen LogP contribution in [-0.4, -0.2) is 25.5 Å². The van der Waals surface area contributed by atoms with Gasteiger partial charge in [0.25, 0.3) is 10.0 Å². The zero-order valence-electron chi connectivity index (χ0n) is 15.1. The number of aromatic nitrogens is 1. The van der Waals surface area contributed by atoms with E-state index >= 15 is 0 Å². The van der Waals surface area contributed by atoms with Gasteiger partial charge in [0.05, 0.1) is 4.90 Å². The zero-order chi connectivity index (χ0) is 20.4. The van der Waals surface area contributed by atoms with Gasteiger partial charge in [-0.2, -0.15) is 0 Å². The van der Waals surface area contributed by atoms with Crippen LogP contribution in [0.5, 0.6) is 11.5 Å². The molecule has 0 spiro atoms. The highest BCUT2D eigenvalue weighted by molar-refractivity contribution is 7.92. The number of fused-ring (bicyclic) bond motifs is 1. The van der Waals surface area contributed by atoms with Crippen LogP contribution in [-0.2, 0) is 10.0 Å². The number of ether oxygens (including phenoxy) is 2. The molecule has 4 rings (SSSR count). The van der Waals surface area contributed by atoms with E-state index in [-0.39, 0.29) is 17.5 Å². The van der Waals surface area contributed by atoms with E-state index in [1.807, 2.05) is 6.07 Å². The topological polar surface area (TPSA) is 115 Å². The number of hydrogen-bond donors (Lipinski definition) is 3. The van der Waals surface area contributed by atoms with Crippen LogP contribution in [0.15, 0.2) is 57.9 Å². The number of aryl methyl sites for hydroxylation is 1. The number of nitrogens with one attached hydrogen (secondary N) is 3. The summed E-state index contributed by atoms with van der Waals surface area (Å²) in [6.45, 7) is 1.87. The third-order valence-electron chi connectivity index (χ3n) is 3.92. The molecule has 0 amide bonds. The average molecular weight is 432 g/mol. The molecule has 1 aliphatic rings. The summed E-state index contributed by atoms with van der Waals surface area (Å²) in [5, 5.41) is 10.00. The van der Waals surface area contributed by atoms with Crippen molar-refractivity contribution in [2.75, 3.05) is 22.1 Å². The van der Waals surface area contributed by atoms with Gasteiger partial charge in [0.2, 0.25) is 6.79 Å². The number of anilines is 3. The molecule has 2 heterocycles. The molecule has 9 nitrogen and oxygen atoms in total. The molecular weight excluding hydrogens is 416 g/mol. The molecule has 0 fully saturated rings. The second kappa shape index (κ2) is 7.60. The molecule has 0 bridgehead atoms. The van der Waals surface area contributed by atoms with Gasteiger partial charge in [0.1, 0.15) is 5.76 Å². The van der Waals surface area contributed by atoms with Gasteiger partial charge in [-0.1, -0.05) is 5.16 Å². The molecular formula is C18H16N4O5S2. The predicted molar refractivity (Wildman–Crippen MR) is 111 cm³/mol. The first-order valence-corrected chi connectivity index (χ1v) is 10.3. The monoisotopic (exact) mass is 432 g/mol. The predicted octanol–water partition coefficient (Wildman–Crippen LogP) is 3.32. The van der Waals surface area contributed by atoms with Gasteiger partial charge in [-0.25, -0.2) is 8.42 Å². The highest BCUT2D eigenvalue weighted by Gasteiger charge is 2.16. The Morgan fingerprint density at radius 2 is 1.69 bits per heavy atom. The zero-order valence-corrected chi connectivity index (χ0v) is 16.8. The average Bonchev–Trinajstić information content (AvgIpc) is 3.30. The van der Waals surface area contributed by atoms with Gasteiger partial charge in [-0.05, 0) is 55.5 Å². The Hall–Kier alpha value is -3.31. The Balaban J connectivity index is 1.39. The molecule has 150 valence electrons. The van der Waals surface area contributed by atoms with E-state index in [2.05, 4.69) is 20.5 Å². The summed E-state index contributed by atoms with van der Waals surface area (Å²) >= 11 is 5.30. The third kappa shape index (κ3) is 4.41. The van der Waals surface area contributed by atoms with E-state index in [9.17, 15) is 8.42 Å². The van der Waals surface area contributed by atoms with Crippen molar-refractivity contribution in [2.45, 2.75) is 11.8 Å². The highest BCUT2D eigenvalue weighted by atomic mass is 32.2. The lowest BCUT2D eigenvalue weighted by Gasteiger charge is -2.12. The van der Waals surface area contributed by atoms with Gasteiger partial charge in [0.15, 0.2) is 22.4 Å². The first kappa shape index (κ1) is 19.0. The second-order valence-corrected chi connectivity index (χ2v) is 8.19. The minimum Gasteiger partial charge on any atom is -0.454 e. The maximum atomic E-state index is 12.4. The first-order chi connectivity index (χ1) is 13.9. The molecule has 0 aliphatic carbocycles. The van der Waals surface area contributed by atoms with Crippen molar-refractivity contribution in [1.29, 1.82) is 0 Å². The molecule has 3 N–H and O–H groups in total. The van der Waals surface area contributed by atoms with E-state index in [0.29, 0.717) is 28.1 Å². The smallest absolute Gasteiger partial charge is 0.263 e. The molecule has 0 unspecified atom stereocenters. The summed E-state index contributed by atoms with van der Waals surface area (Å²) < 4.78 is 42.6. The number of sulfonamides is 1. The van der Waals surface area contributed by atoms with Crippen molar-refractivity contribution in [3.63, 3.8) is 0 Å². The minimum absolute atomic E-state index is 0.0818. The molecule has 0 radical (unpaired) electrons. The largest absolute Gasteiger partial charge is 0.454 e. The summed E-state index contributed by atoms with van der Waals surface area (Å²) in [5.41, 5.74) is 1.36. The van der Waals surface area contributed by atoms with E-state index in [4.69, 9.17) is 26.2 Å². The summed E-state index contributed by atoms with van der Waals surface area (Å²) in [5.74, 6) is 1.95. The Kier molecular flexibility index (Phi) is 4.99. The van der Waals surface area contributed by atoms with Crippen LogP contribution in [0.2, 0.25) is 0 Å². The van der Waals surface area contributed by atoms with Crippen LogP contribution in [0.3, 0.4) is 0 Å². The van der Waals surface area contributed by atoms with Gasteiger partial charge < -0.3 is 24.6 Å². The molecule has 29 heavy (non-hydrogen) atoms. The number of hydrogen-bond acceptors (Lipinski definition) is 7. The summed E-state index contributed by atoms with van der Waals surface area (Å²) in [6.07, 6.45) is 0. The maximum Gasteiger partial charge on any atom is 0.263 e. The van der Waals surface area contributed by atoms with Gasteiger partial charge >= 0.3 is 0 Å². The fourth-order valence-corrected chi connectivity index (χ4v) is 3.82. The third-order valence-corrected chi connectivity index (χ3v) is 5.49. The first-order valence-electron chi connectivity index (χ1n) is 8.43. The minimum atomic E-state index is -3.77. The van der Waals surface area contributed by atoms with Crippen molar-refractivity contribution < 1.29 is 22.4 Å². The van der Waals surface area contributed by atoms with Crippen LogP contribution in [0.25, 0.3) is 0 Å². The Bertz CT molecular complexity index is 1160. The number of nitrogens with zero attached hydrogens (tertiary/aromatic N) is 1. The molecule has 3 aromatic rings. The van der Waals surface area contributed by atoms with Crippen molar-refractivity contribution >= 4 is 44.5 Å². The molecule has 2 aromatic carbocycles. The molecule has 11 heteroatoms. The van der Waals surface area contributed by atoms with Crippen molar-refractivity contribution in [2.24, 2.45) is 0 Å². The van der Waals surface area contributed by atoms with Crippen molar-refractivity contribution in [3.05, 3.63) is 54.3 Å². The summed E-state index contributed by atoms with van der Waals surface area (Å²) in [7, 11) is -3.77. The van der Waals surface area contributed by atoms with Crippen molar-refractivity contribution in [1.82, 2.24) is 5.16 Å². The van der Waals surface area contributed by atoms with E-state index in [1.165, 1.54) is 18.2 Å². The molecule has 0 atom stereocenters. The molecule has 0 saturated heterocycles. The number of thiocarbonyl (C=S) groups is 1. The normalized spacial score (nSPS) is 12.4. The summed E-state index contributed by atoms with van der Waals surface area (Å²) in [6, 6.07) is 13.0. The standard InChI is InChI=1S/C18H16N4O5S2/c1-11-8-17(21-27-11)22-29(23,24)14-5-2-12(3-6-14)19-18(28)20-13-4-7-15-16(9-13)26-10-25-15/h2-9H,10H2,1H3,(H,21,22)(H2,19,20,28). The molecule has 0 saturated carbocycles. The van der Waals surface area contributed by atoms with Crippen LogP contribution in [0.4, 0.5) is 17.2 Å². The fourth-order valence-electron chi connectivity index (χ4n) is 2.60. The van der Waals surface area contributed by atoms with Crippen LogP contribution >= 0.6 is 12.2 Å². The van der Waals surface area contributed by atoms with Gasteiger partial charge in [0, 0.05) is 23.5 Å². The van der Waals surface area contributed by atoms with Gasteiger partial charge in [-0.15, -0.1) is 0 Å². The second-order valence-electron chi connectivity index (χ2n) is 6.10.